The molecule has 0 radical (unpaired) electrons. The van der Waals surface area contributed by atoms with Crippen LogP contribution in [0.25, 0.3) is 11.3 Å². The van der Waals surface area contributed by atoms with Gasteiger partial charge < -0.3 is 5.11 Å². The third-order valence-corrected chi connectivity index (χ3v) is 3.38. The van der Waals surface area contributed by atoms with E-state index in [4.69, 9.17) is 23.2 Å². The highest BCUT2D eigenvalue weighted by atomic mass is 35.5. The lowest BCUT2D eigenvalue weighted by Crippen LogP contribution is -2.22. The van der Waals surface area contributed by atoms with Crippen molar-refractivity contribution >= 4 is 23.2 Å². The first kappa shape index (κ1) is 14.4. The second-order valence-electron chi connectivity index (χ2n) is 5.40. The second-order valence-corrected chi connectivity index (χ2v) is 6.24. The van der Waals surface area contributed by atoms with Crippen LogP contribution in [0.5, 0.6) is 0 Å². The van der Waals surface area contributed by atoms with Gasteiger partial charge in [0.1, 0.15) is 0 Å². The van der Waals surface area contributed by atoms with Crippen LogP contribution >= 0.6 is 23.2 Å². The molecule has 0 saturated carbocycles. The SMILES string of the molecule is CC(C)(C)n1cc(CO)c(-c2ccc(Cl)cc2Cl)n1. The van der Waals surface area contributed by atoms with Gasteiger partial charge in [0.2, 0.25) is 0 Å². The highest BCUT2D eigenvalue weighted by molar-refractivity contribution is 6.36. The number of aliphatic hydroxyl groups excluding tert-OH is 1. The average Bonchev–Trinajstić information content (AvgIpc) is 2.72. The predicted molar refractivity (Wildman–Crippen MR) is 78.6 cm³/mol. The maximum Gasteiger partial charge on any atom is 0.0993 e. The molecule has 1 N–H and O–H groups in total. The summed E-state index contributed by atoms with van der Waals surface area (Å²) < 4.78 is 1.83. The van der Waals surface area contributed by atoms with Crippen molar-refractivity contribution in [3.63, 3.8) is 0 Å². The van der Waals surface area contributed by atoms with Crippen LogP contribution in [0, 0.1) is 0 Å². The van der Waals surface area contributed by atoms with Crippen LogP contribution in [-0.4, -0.2) is 14.9 Å². The Labute approximate surface area is 122 Å². The van der Waals surface area contributed by atoms with Crippen molar-refractivity contribution < 1.29 is 5.11 Å². The van der Waals surface area contributed by atoms with E-state index in [-0.39, 0.29) is 12.1 Å². The molecule has 0 spiro atoms. The largest absolute Gasteiger partial charge is 0.392 e. The van der Waals surface area contributed by atoms with Crippen LogP contribution < -0.4 is 0 Å². The zero-order valence-corrected chi connectivity index (χ0v) is 12.6. The molecule has 1 heterocycles. The number of benzene rings is 1. The number of halogens is 2. The Morgan fingerprint density at radius 2 is 1.95 bits per heavy atom. The number of aromatic nitrogens is 2. The normalized spacial score (nSPS) is 11.9. The van der Waals surface area contributed by atoms with E-state index in [1.165, 1.54) is 0 Å². The number of nitrogens with zero attached hydrogens (tertiary/aromatic N) is 2. The Morgan fingerprint density at radius 3 is 2.47 bits per heavy atom. The summed E-state index contributed by atoms with van der Waals surface area (Å²) in [5, 5.41) is 15.1. The molecule has 3 nitrogen and oxygen atoms in total. The Hall–Kier alpha value is -1.03. The van der Waals surface area contributed by atoms with E-state index in [1.807, 2.05) is 16.9 Å². The summed E-state index contributed by atoms with van der Waals surface area (Å²) in [4.78, 5) is 0. The van der Waals surface area contributed by atoms with Crippen molar-refractivity contribution in [2.24, 2.45) is 0 Å². The van der Waals surface area contributed by atoms with E-state index < -0.39 is 0 Å². The maximum atomic E-state index is 9.48. The summed E-state index contributed by atoms with van der Waals surface area (Å²) in [6.45, 7) is 6.07. The lowest BCUT2D eigenvalue weighted by Gasteiger charge is -2.18. The molecule has 1 aromatic heterocycles. The van der Waals surface area contributed by atoms with Gasteiger partial charge in [-0.3, -0.25) is 4.68 Å². The van der Waals surface area contributed by atoms with Crippen LogP contribution in [0.4, 0.5) is 0 Å². The van der Waals surface area contributed by atoms with E-state index in [2.05, 4.69) is 25.9 Å². The molecule has 0 bridgehead atoms. The Bertz CT molecular complexity index is 600. The number of hydrogen-bond donors (Lipinski definition) is 1. The molecule has 0 atom stereocenters. The van der Waals surface area contributed by atoms with E-state index in [0.717, 1.165) is 11.1 Å². The van der Waals surface area contributed by atoms with E-state index in [0.29, 0.717) is 15.7 Å². The minimum Gasteiger partial charge on any atom is -0.392 e. The van der Waals surface area contributed by atoms with Gasteiger partial charge in [0.25, 0.3) is 0 Å². The quantitative estimate of drug-likeness (QED) is 0.906. The van der Waals surface area contributed by atoms with Crippen LogP contribution in [0.3, 0.4) is 0 Å². The molecular formula is C14H16Cl2N2O. The fourth-order valence-corrected chi connectivity index (χ4v) is 2.28. The smallest absolute Gasteiger partial charge is 0.0993 e. The zero-order chi connectivity index (χ0) is 14.2. The fourth-order valence-electron chi connectivity index (χ4n) is 1.78. The summed E-state index contributed by atoms with van der Waals surface area (Å²) >= 11 is 12.1. The van der Waals surface area contributed by atoms with Crippen molar-refractivity contribution in [1.82, 2.24) is 9.78 Å². The standard InChI is InChI=1S/C14H16Cl2N2O/c1-14(2,3)18-7-9(8-19)13(17-18)11-5-4-10(15)6-12(11)16/h4-7,19H,8H2,1-3H3. The lowest BCUT2D eigenvalue weighted by molar-refractivity contribution is 0.281. The highest BCUT2D eigenvalue weighted by Gasteiger charge is 2.19. The molecule has 19 heavy (non-hydrogen) atoms. The topological polar surface area (TPSA) is 38.0 Å². The molecule has 2 rings (SSSR count). The van der Waals surface area contributed by atoms with Gasteiger partial charge in [-0.1, -0.05) is 23.2 Å². The molecule has 0 fully saturated rings. The van der Waals surface area contributed by atoms with Gasteiger partial charge in [-0.05, 0) is 39.0 Å². The summed E-state index contributed by atoms with van der Waals surface area (Å²) in [5.74, 6) is 0. The fraction of sp³-hybridized carbons (Fsp3) is 0.357. The Morgan fingerprint density at radius 1 is 1.26 bits per heavy atom. The first-order valence-electron chi connectivity index (χ1n) is 5.98. The molecular weight excluding hydrogens is 283 g/mol. The molecule has 0 amide bonds. The van der Waals surface area contributed by atoms with Gasteiger partial charge in [0.15, 0.2) is 0 Å². The third-order valence-electron chi connectivity index (χ3n) is 2.83. The lowest BCUT2D eigenvalue weighted by atomic mass is 10.1. The van der Waals surface area contributed by atoms with Gasteiger partial charge in [0.05, 0.1) is 22.9 Å². The Balaban J connectivity index is 2.58. The molecule has 0 aliphatic rings. The summed E-state index contributed by atoms with van der Waals surface area (Å²) in [6.07, 6.45) is 1.85. The van der Waals surface area contributed by atoms with Gasteiger partial charge in [-0.2, -0.15) is 5.10 Å². The van der Waals surface area contributed by atoms with E-state index in [1.54, 1.807) is 12.1 Å². The van der Waals surface area contributed by atoms with Gasteiger partial charge in [0, 0.05) is 22.3 Å². The van der Waals surface area contributed by atoms with Crippen molar-refractivity contribution in [2.75, 3.05) is 0 Å². The average molecular weight is 299 g/mol. The molecule has 0 aliphatic carbocycles. The minimum atomic E-state index is -0.152. The van der Waals surface area contributed by atoms with Crippen molar-refractivity contribution in [1.29, 1.82) is 0 Å². The number of hydrogen-bond acceptors (Lipinski definition) is 2. The Kier molecular flexibility index (Phi) is 3.90. The highest BCUT2D eigenvalue weighted by Crippen LogP contribution is 2.32. The van der Waals surface area contributed by atoms with E-state index in [9.17, 15) is 5.11 Å². The molecule has 2 aromatic rings. The molecule has 5 heteroatoms. The third kappa shape index (κ3) is 2.94. The summed E-state index contributed by atoms with van der Waals surface area (Å²) in [5.41, 5.74) is 2.07. The van der Waals surface area contributed by atoms with Gasteiger partial charge >= 0.3 is 0 Å². The summed E-state index contributed by atoms with van der Waals surface area (Å²) in [6, 6.07) is 5.26. The summed E-state index contributed by atoms with van der Waals surface area (Å²) in [7, 11) is 0. The van der Waals surface area contributed by atoms with Crippen LogP contribution in [0.15, 0.2) is 24.4 Å². The zero-order valence-electron chi connectivity index (χ0n) is 11.1. The van der Waals surface area contributed by atoms with Gasteiger partial charge in [-0.15, -0.1) is 0 Å². The monoisotopic (exact) mass is 298 g/mol. The van der Waals surface area contributed by atoms with Gasteiger partial charge in [-0.25, -0.2) is 0 Å². The minimum absolute atomic E-state index is 0.0790. The first-order valence-corrected chi connectivity index (χ1v) is 6.74. The first-order chi connectivity index (χ1) is 8.82. The van der Waals surface area contributed by atoms with Crippen molar-refractivity contribution in [3.05, 3.63) is 40.0 Å². The predicted octanol–water partition coefficient (Wildman–Crippen LogP) is 4.10. The van der Waals surface area contributed by atoms with Crippen molar-refractivity contribution in [2.45, 2.75) is 32.9 Å². The molecule has 102 valence electrons. The number of rotatable bonds is 2. The maximum absolute atomic E-state index is 9.48. The van der Waals surface area contributed by atoms with Crippen molar-refractivity contribution in [3.8, 4) is 11.3 Å². The molecule has 0 unspecified atom stereocenters. The number of aliphatic hydroxyl groups is 1. The molecule has 0 saturated heterocycles. The van der Waals surface area contributed by atoms with Crippen LogP contribution in [-0.2, 0) is 12.1 Å². The van der Waals surface area contributed by atoms with Crippen LogP contribution in [0.2, 0.25) is 10.0 Å². The van der Waals surface area contributed by atoms with E-state index >= 15 is 0 Å². The molecule has 0 aliphatic heterocycles. The van der Waals surface area contributed by atoms with Crippen LogP contribution in [0.1, 0.15) is 26.3 Å². The second kappa shape index (κ2) is 5.16. The molecule has 1 aromatic carbocycles.